The molecule has 0 bridgehead atoms. The topological polar surface area (TPSA) is 68.0 Å². The molecule has 0 aliphatic rings. The van der Waals surface area contributed by atoms with Crippen LogP contribution in [0.25, 0.3) is 0 Å². The fraction of sp³-hybridized carbons (Fsp3) is 0.571. The maximum Gasteiger partial charge on any atom is 0.389 e. The third kappa shape index (κ3) is 3.96. The molecule has 8 heteroatoms. The average Bonchev–Trinajstić information content (AvgIpc) is 2.46. The standard InChI is InChI=1S/C7H8F3N3O2/c8-7(9,10)2-1-5-12-11-4-13(5)3-6(14)15/h4H,1-3H2,(H,14,15). The number of aryl methyl sites for hydroxylation is 1. The van der Waals surface area contributed by atoms with E-state index in [0.29, 0.717) is 0 Å². The molecule has 0 radical (unpaired) electrons. The van der Waals surface area contributed by atoms with Gasteiger partial charge in [-0.05, 0) is 0 Å². The summed E-state index contributed by atoms with van der Waals surface area (Å²) >= 11 is 0. The minimum Gasteiger partial charge on any atom is -0.480 e. The van der Waals surface area contributed by atoms with Crippen LogP contribution in [0, 0.1) is 0 Å². The minimum absolute atomic E-state index is 0.0229. The first-order valence-corrected chi connectivity index (χ1v) is 4.04. The molecule has 0 aliphatic carbocycles. The second-order valence-electron chi connectivity index (χ2n) is 2.88. The molecule has 0 spiro atoms. The van der Waals surface area contributed by atoms with Crippen LogP contribution in [-0.4, -0.2) is 32.0 Å². The summed E-state index contributed by atoms with van der Waals surface area (Å²) in [7, 11) is 0. The third-order valence-electron chi connectivity index (χ3n) is 1.63. The molecule has 5 nitrogen and oxygen atoms in total. The number of alkyl halides is 3. The number of carbonyl (C=O) groups is 1. The molecule has 0 atom stereocenters. The molecule has 1 rings (SSSR count). The number of hydrogen-bond donors (Lipinski definition) is 1. The lowest BCUT2D eigenvalue weighted by atomic mass is 10.3. The Morgan fingerprint density at radius 1 is 1.53 bits per heavy atom. The van der Waals surface area contributed by atoms with Crippen molar-refractivity contribution < 1.29 is 23.1 Å². The van der Waals surface area contributed by atoms with Gasteiger partial charge in [-0.3, -0.25) is 4.79 Å². The number of aliphatic carboxylic acids is 1. The highest BCUT2D eigenvalue weighted by molar-refractivity contribution is 5.66. The van der Waals surface area contributed by atoms with E-state index in [0.717, 1.165) is 10.9 Å². The molecule has 0 unspecified atom stereocenters. The Hall–Kier alpha value is -1.60. The van der Waals surface area contributed by atoms with Gasteiger partial charge in [0.15, 0.2) is 0 Å². The van der Waals surface area contributed by atoms with Crippen molar-refractivity contribution in [3.05, 3.63) is 12.2 Å². The molecule has 1 aromatic heterocycles. The molecular weight excluding hydrogens is 215 g/mol. The lowest BCUT2D eigenvalue weighted by Crippen LogP contribution is -2.14. The SMILES string of the molecule is O=C(O)Cn1cnnc1CCC(F)(F)F. The number of rotatable bonds is 4. The molecule has 0 amide bonds. The lowest BCUT2D eigenvalue weighted by Gasteiger charge is -2.06. The Morgan fingerprint density at radius 2 is 2.20 bits per heavy atom. The molecule has 1 N–H and O–H groups in total. The maximum atomic E-state index is 11.9. The van der Waals surface area contributed by atoms with Crippen LogP contribution in [0.2, 0.25) is 0 Å². The normalized spacial score (nSPS) is 11.7. The van der Waals surface area contributed by atoms with Crippen LogP contribution in [0.5, 0.6) is 0 Å². The van der Waals surface area contributed by atoms with Gasteiger partial charge in [-0.15, -0.1) is 10.2 Å². The van der Waals surface area contributed by atoms with E-state index >= 15 is 0 Å². The third-order valence-corrected chi connectivity index (χ3v) is 1.63. The van der Waals surface area contributed by atoms with Crippen LogP contribution in [-0.2, 0) is 17.8 Å². The maximum absolute atomic E-state index is 11.9. The second-order valence-corrected chi connectivity index (χ2v) is 2.88. The van der Waals surface area contributed by atoms with Crippen molar-refractivity contribution in [1.82, 2.24) is 14.8 Å². The second kappa shape index (κ2) is 4.28. The largest absolute Gasteiger partial charge is 0.480 e. The van der Waals surface area contributed by atoms with Crippen LogP contribution in [0.1, 0.15) is 12.2 Å². The highest BCUT2D eigenvalue weighted by atomic mass is 19.4. The minimum atomic E-state index is -4.28. The van der Waals surface area contributed by atoms with Crippen LogP contribution < -0.4 is 0 Å². The molecule has 0 fully saturated rings. The van der Waals surface area contributed by atoms with Crippen LogP contribution >= 0.6 is 0 Å². The zero-order valence-corrected chi connectivity index (χ0v) is 7.53. The number of aromatic nitrogens is 3. The van der Waals surface area contributed by atoms with Gasteiger partial charge >= 0.3 is 12.1 Å². The first kappa shape index (κ1) is 11.5. The molecule has 0 saturated heterocycles. The Kier molecular flexibility index (Phi) is 3.28. The highest BCUT2D eigenvalue weighted by Crippen LogP contribution is 2.21. The van der Waals surface area contributed by atoms with E-state index in [1.54, 1.807) is 0 Å². The lowest BCUT2D eigenvalue weighted by molar-refractivity contribution is -0.137. The number of carboxylic acids is 1. The smallest absolute Gasteiger partial charge is 0.389 e. The van der Waals surface area contributed by atoms with Crippen molar-refractivity contribution in [3.8, 4) is 0 Å². The van der Waals surface area contributed by atoms with Gasteiger partial charge < -0.3 is 9.67 Å². The Balaban J connectivity index is 2.61. The van der Waals surface area contributed by atoms with Gasteiger partial charge in [0.05, 0.1) is 6.42 Å². The van der Waals surface area contributed by atoms with Gasteiger partial charge in [-0.25, -0.2) is 0 Å². The van der Waals surface area contributed by atoms with Crippen LogP contribution in [0.15, 0.2) is 6.33 Å². The molecule has 0 aliphatic heterocycles. The van der Waals surface area contributed by atoms with Crippen LogP contribution in [0.4, 0.5) is 13.2 Å². The molecule has 0 saturated carbocycles. The Labute approximate surface area is 82.5 Å². The Morgan fingerprint density at radius 3 is 2.73 bits per heavy atom. The van der Waals surface area contributed by atoms with Gasteiger partial charge in [0.25, 0.3) is 0 Å². The van der Waals surface area contributed by atoms with Crippen molar-refractivity contribution in [2.75, 3.05) is 0 Å². The summed E-state index contributed by atoms with van der Waals surface area (Å²) in [5.74, 6) is -1.13. The van der Waals surface area contributed by atoms with Gasteiger partial charge in [0, 0.05) is 6.42 Å². The van der Waals surface area contributed by atoms with Crippen molar-refractivity contribution in [1.29, 1.82) is 0 Å². The summed E-state index contributed by atoms with van der Waals surface area (Å²) in [5.41, 5.74) is 0. The Bertz CT molecular complexity index is 347. The zero-order valence-electron chi connectivity index (χ0n) is 7.53. The first-order chi connectivity index (χ1) is 6.88. The molecule has 1 heterocycles. The van der Waals surface area contributed by atoms with Gasteiger partial charge in [0.2, 0.25) is 0 Å². The number of nitrogens with zero attached hydrogens (tertiary/aromatic N) is 3. The summed E-state index contributed by atoms with van der Waals surface area (Å²) in [5, 5.41) is 15.2. The van der Waals surface area contributed by atoms with Crippen molar-refractivity contribution in [2.24, 2.45) is 0 Å². The average molecular weight is 223 g/mol. The van der Waals surface area contributed by atoms with Gasteiger partial charge in [0.1, 0.15) is 18.7 Å². The fourth-order valence-electron chi connectivity index (χ4n) is 1.00. The van der Waals surface area contributed by atoms with E-state index in [2.05, 4.69) is 10.2 Å². The van der Waals surface area contributed by atoms with E-state index in [1.165, 1.54) is 0 Å². The van der Waals surface area contributed by atoms with Crippen LogP contribution in [0.3, 0.4) is 0 Å². The first-order valence-electron chi connectivity index (χ1n) is 4.04. The van der Waals surface area contributed by atoms with Crippen molar-refractivity contribution >= 4 is 5.97 Å². The van der Waals surface area contributed by atoms with E-state index in [9.17, 15) is 18.0 Å². The number of halogens is 3. The molecule has 1 aromatic rings. The molecule has 84 valence electrons. The number of hydrogen-bond acceptors (Lipinski definition) is 3. The highest BCUT2D eigenvalue weighted by Gasteiger charge is 2.27. The summed E-state index contributed by atoms with van der Waals surface area (Å²) < 4.78 is 36.7. The zero-order chi connectivity index (χ0) is 11.5. The fourth-order valence-corrected chi connectivity index (χ4v) is 1.00. The van der Waals surface area contributed by atoms with E-state index in [1.807, 2.05) is 0 Å². The predicted octanol–water partition coefficient (Wildman–Crippen LogP) is 0.858. The molecular formula is C7H8F3N3O2. The van der Waals surface area contributed by atoms with E-state index < -0.39 is 25.1 Å². The molecule has 0 aromatic carbocycles. The van der Waals surface area contributed by atoms with Gasteiger partial charge in [-0.2, -0.15) is 13.2 Å². The predicted molar refractivity (Wildman–Crippen MR) is 42.0 cm³/mol. The van der Waals surface area contributed by atoms with E-state index in [4.69, 9.17) is 5.11 Å². The van der Waals surface area contributed by atoms with Crippen molar-refractivity contribution in [3.63, 3.8) is 0 Å². The van der Waals surface area contributed by atoms with Gasteiger partial charge in [-0.1, -0.05) is 0 Å². The van der Waals surface area contributed by atoms with E-state index in [-0.39, 0.29) is 12.2 Å². The monoisotopic (exact) mass is 223 g/mol. The summed E-state index contributed by atoms with van der Waals surface area (Å²) in [6.07, 6.45) is -4.58. The summed E-state index contributed by atoms with van der Waals surface area (Å²) in [6, 6.07) is 0. The number of carboxylic acid groups (broad SMARTS) is 1. The quantitative estimate of drug-likeness (QED) is 0.821. The molecule has 15 heavy (non-hydrogen) atoms. The van der Waals surface area contributed by atoms with Crippen molar-refractivity contribution in [2.45, 2.75) is 25.6 Å². The summed E-state index contributed by atoms with van der Waals surface area (Å²) in [4.78, 5) is 10.3. The summed E-state index contributed by atoms with van der Waals surface area (Å²) in [6.45, 7) is -0.430.